The molecule has 0 saturated heterocycles. The van der Waals surface area contributed by atoms with Crippen LogP contribution in [-0.4, -0.2) is 32.8 Å². The minimum atomic E-state index is 0.863. The maximum absolute atomic E-state index is 4.08. The van der Waals surface area contributed by atoms with Gasteiger partial charge in [0, 0.05) is 0 Å². The third-order valence-corrected chi connectivity index (χ3v) is 1.89. The van der Waals surface area contributed by atoms with E-state index in [-0.39, 0.29) is 0 Å². The van der Waals surface area contributed by atoms with E-state index in [1.807, 2.05) is 4.68 Å². The first-order valence-corrected chi connectivity index (χ1v) is 4.91. The summed E-state index contributed by atoms with van der Waals surface area (Å²) in [5.74, 6) is 0. The topological polar surface area (TPSA) is 34.0 Å². The van der Waals surface area contributed by atoms with Crippen LogP contribution < -0.4 is 0 Å². The van der Waals surface area contributed by atoms with E-state index in [4.69, 9.17) is 0 Å². The monoisotopic (exact) mass is 182 g/mol. The molecule has 1 rings (SSSR count). The van der Waals surface area contributed by atoms with Gasteiger partial charge in [0.25, 0.3) is 0 Å². The zero-order valence-electron chi connectivity index (χ0n) is 8.48. The molecule has 0 atom stereocenters. The van der Waals surface area contributed by atoms with Gasteiger partial charge in [0.15, 0.2) is 0 Å². The molecule has 0 unspecified atom stereocenters. The Bertz CT molecular complexity index is 201. The van der Waals surface area contributed by atoms with Crippen molar-refractivity contribution in [1.82, 2.24) is 19.7 Å². The van der Waals surface area contributed by atoms with E-state index < -0.39 is 0 Å². The maximum Gasteiger partial charge on any atom is 0.137 e. The molecule has 0 aliphatic heterocycles. The molecule has 0 amide bonds. The van der Waals surface area contributed by atoms with E-state index >= 15 is 0 Å². The van der Waals surface area contributed by atoms with Crippen molar-refractivity contribution in [2.75, 3.05) is 13.1 Å². The first-order chi connectivity index (χ1) is 6.36. The lowest BCUT2D eigenvalue weighted by atomic mass is 10.4. The van der Waals surface area contributed by atoms with Crippen LogP contribution in [0.3, 0.4) is 0 Å². The van der Waals surface area contributed by atoms with Crippen molar-refractivity contribution in [2.45, 2.75) is 33.4 Å². The highest BCUT2D eigenvalue weighted by Gasteiger charge is 2.02. The lowest BCUT2D eigenvalue weighted by molar-refractivity contribution is 0.207. The average Bonchev–Trinajstić information content (AvgIpc) is 2.58. The average molecular weight is 182 g/mol. The lowest BCUT2D eigenvalue weighted by Crippen LogP contribution is -2.28. The number of nitrogens with zero attached hydrogens (tertiary/aromatic N) is 4. The molecule has 0 aliphatic rings. The SMILES string of the molecule is CCCN(CCC)Cn1cncn1. The molecule has 0 saturated carbocycles. The first-order valence-electron chi connectivity index (χ1n) is 4.91. The van der Waals surface area contributed by atoms with Crippen molar-refractivity contribution >= 4 is 0 Å². The highest BCUT2D eigenvalue weighted by molar-refractivity contribution is 4.58. The van der Waals surface area contributed by atoms with E-state index in [1.54, 1.807) is 12.7 Å². The second-order valence-electron chi connectivity index (χ2n) is 3.19. The van der Waals surface area contributed by atoms with Crippen LogP contribution in [0, 0.1) is 0 Å². The van der Waals surface area contributed by atoms with Gasteiger partial charge in [-0.25, -0.2) is 9.67 Å². The number of aromatic nitrogens is 3. The predicted molar refractivity (Wildman–Crippen MR) is 52.2 cm³/mol. The van der Waals surface area contributed by atoms with Gasteiger partial charge < -0.3 is 0 Å². The second kappa shape index (κ2) is 5.70. The van der Waals surface area contributed by atoms with E-state index in [1.165, 1.54) is 12.8 Å². The van der Waals surface area contributed by atoms with Crippen molar-refractivity contribution < 1.29 is 0 Å². The summed E-state index contributed by atoms with van der Waals surface area (Å²) in [5, 5.41) is 4.08. The predicted octanol–water partition coefficient (Wildman–Crippen LogP) is 1.36. The molecule has 13 heavy (non-hydrogen) atoms. The smallest absolute Gasteiger partial charge is 0.137 e. The quantitative estimate of drug-likeness (QED) is 0.666. The van der Waals surface area contributed by atoms with Crippen molar-refractivity contribution in [3.8, 4) is 0 Å². The van der Waals surface area contributed by atoms with Crippen LogP contribution in [0.2, 0.25) is 0 Å². The molecule has 0 radical (unpaired) electrons. The molecular weight excluding hydrogens is 164 g/mol. The van der Waals surface area contributed by atoms with Crippen molar-refractivity contribution in [2.24, 2.45) is 0 Å². The van der Waals surface area contributed by atoms with Gasteiger partial charge in [0.2, 0.25) is 0 Å². The molecule has 74 valence electrons. The highest BCUT2D eigenvalue weighted by atomic mass is 15.4. The van der Waals surface area contributed by atoms with Gasteiger partial charge in [0.05, 0.1) is 6.67 Å². The molecule has 0 fully saturated rings. The van der Waals surface area contributed by atoms with Gasteiger partial charge in [-0.15, -0.1) is 0 Å². The molecule has 0 spiro atoms. The lowest BCUT2D eigenvalue weighted by Gasteiger charge is -2.20. The Morgan fingerprint density at radius 3 is 2.38 bits per heavy atom. The fourth-order valence-corrected chi connectivity index (χ4v) is 1.40. The summed E-state index contributed by atoms with van der Waals surface area (Å²) < 4.78 is 1.87. The Morgan fingerprint density at radius 2 is 1.92 bits per heavy atom. The molecule has 4 nitrogen and oxygen atoms in total. The van der Waals surface area contributed by atoms with Gasteiger partial charge in [-0.3, -0.25) is 4.90 Å². The number of hydrogen-bond donors (Lipinski definition) is 0. The Morgan fingerprint density at radius 1 is 1.23 bits per heavy atom. The minimum Gasteiger partial charge on any atom is -0.284 e. The van der Waals surface area contributed by atoms with Gasteiger partial charge in [-0.1, -0.05) is 13.8 Å². The molecule has 1 heterocycles. The third-order valence-electron chi connectivity index (χ3n) is 1.89. The minimum absolute atomic E-state index is 0.863. The zero-order chi connectivity index (χ0) is 9.52. The van der Waals surface area contributed by atoms with E-state index in [2.05, 4.69) is 28.8 Å². The Hall–Kier alpha value is -0.900. The van der Waals surface area contributed by atoms with Crippen molar-refractivity contribution in [3.63, 3.8) is 0 Å². The number of rotatable bonds is 6. The largest absolute Gasteiger partial charge is 0.284 e. The van der Waals surface area contributed by atoms with E-state index in [0.29, 0.717) is 0 Å². The fraction of sp³-hybridized carbons (Fsp3) is 0.778. The zero-order valence-corrected chi connectivity index (χ0v) is 8.48. The van der Waals surface area contributed by atoms with Crippen LogP contribution in [0.5, 0.6) is 0 Å². The van der Waals surface area contributed by atoms with Crippen LogP contribution in [-0.2, 0) is 6.67 Å². The standard InChI is InChI=1S/C9H18N4/c1-3-5-12(6-4-2)9-13-8-10-7-11-13/h7-8H,3-6,9H2,1-2H3. The molecular formula is C9H18N4. The summed E-state index contributed by atoms with van der Waals surface area (Å²) in [7, 11) is 0. The summed E-state index contributed by atoms with van der Waals surface area (Å²) >= 11 is 0. The first kappa shape index (κ1) is 10.2. The maximum atomic E-state index is 4.08. The molecule has 1 aromatic rings. The van der Waals surface area contributed by atoms with Crippen LogP contribution in [0.4, 0.5) is 0 Å². The highest BCUT2D eigenvalue weighted by Crippen LogP contribution is 1.96. The van der Waals surface area contributed by atoms with E-state index in [0.717, 1.165) is 19.8 Å². The number of hydrogen-bond acceptors (Lipinski definition) is 3. The van der Waals surface area contributed by atoms with Gasteiger partial charge >= 0.3 is 0 Å². The molecule has 0 bridgehead atoms. The van der Waals surface area contributed by atoms with Gasteiger partial charge in [0.1, 0.15) is 12.7 Å². The molecule has 4 heteroatoms. The van der Waals surface area contributed by atoms with Crippen LogP contribution in [0.25, 0.3) is 0 Å². The third kappa shape index (κ3) is 3.55. The molecule has 1 aromatic heterocycles. The summed E-state index contributed by atoms with van der Waals surface area (Å²) in [5.41, 5.74) is 0. The molecule has 0 N–H and O–H groups in total. The van der Waals surface area contributed by atoms with Crippen molar-refractivity contribution in [1.29, 1.82) is 0 Å². The van der Waals surface area contributed by atoms with Crippen molar-refractivity contribution in [3.05, 3.63) is 12.7 Å². The summed E-state index contributed by atoms with van der Waals surface area (Å²) in [6.07, 6.45) is 5.72. The van der Waals surface area contributed by atoms with Gasteiger partial charge in [-0.05, 0) is 25.9 Å². The Kier molecular flexibility index (Phi) is 4.46. The normalized spacial score (nSPS) is 11.0. The van der Waals surface area contributed by atoms with Crippen LogP contribution >= 0.6 is 0 Å². The fourth-order valence-electron chi connectivity index (χ4n) is 1.40. The van der Waals surface area contributed by atoms with Crippen LogP contribution in [0.15, 0.2) is 12.7 Å². The summed E-state index contributed by atoms with van der Waals surface area (Å²) in [4.78, 5) is 6.30. The van der Waals surface area contributed by atoms with Gasteiger partial charge in [-0.2, -0.15) is 5.10 Å². The van der Waals surface area contributed by atoms with E-state index in [9.17, 15) is 0 Å². The molecule has 0 aromatic carbocycles. The Labute approximate surface area is 79.6 Å². The Balaban J connectivity index is 2.37. The molecule has 0 aliphatic carbocycles. The summed E-state index contributed by atoms with van der Waals surface area (Å²) in [6.45, 7) is 7.52. The second-order valence-corrected chi connectivity index (χ2v) is 3.19. The summed E-state index contributed by atoms with van der Waals surface area (Å²) in [6, 6.07) is 0. The van der Waals surface area contributed by atoms with Crippen LogP contribution in [0.1, 0.15) is 26.7 Å².